The standard InChI is InChI=1S/C18H23NO3/c1-19-15-5-6-16(19)11-14(10-15)17(20)12-3-2-4-13(9-12)18-21-7-8-22-18/h2-4,9,14-16,18H,5-8,10-11H2,1H3. The van der Waals surface area contributed by atoms with Crippen molar-refractivity contribution in [2.45, 2.75) is 44.1 Å². The number of nitrogens with zero attached hydrogens (tertiary/aromatic N) is 1. The van der Waals surface area contributed by atoms with Crippen molar-refractivity contribution >= 4 is 5.78 Å². The molecule has 4 rings (SSSR count). The van der Waals surface area contributed by atoms with Crippen LogP contribution in [0.2, 0.25) is 0 Å². The van der Waals surface area contributed by atoms with Gasteiger partial charge in [-0.15, -0.1) is 0 Å². The average molecular weight is 301 g/mol. The molecule has 3 aliphatic rings. The first-order valence-electron chi connectivity index (χ1n) is 8.31. The molecule has 3 fully saturated rings. The molecular formula is C18H23NO3. The van der Waals surface area contributed by atoms with Gasteiger partial charge in [0.2, 0.25) is 0 Å². The summed E-state index contributed by atoms with van der Waals surface area (Å²) in [4.78, 5) is 15.4. The Morgan fingerprint density at radius 1 is 1.14 bits per heavy atom. The highest BCUT2D eigenvalue weighted by molar-refractivity contribution is 5.98. The van der Waals surface area contributed by atoms with Gasteiger partial charge in [0, 0.05) is 29.1 Å². The fraction of sp³-hybridized carbons (Fsp3) is 0.611. The van der Waals surface area contributed by atoms with Crippen molar-refractivity contribution in [3.05, 3.63) is 35.4 Å². The summed E-state index contributed by atoms with van der Waals surface area (Å²) >= 11 is 0. The largest absolute Gasteiger partial charge is 0.346 e. The van der Waals surface area contributed by atoms with Crippen LogP contribution in [0.5, 0.6) is 0 Å². The Kier molecular flexibility index (Phi) is 3.76. The van der Waals surface area contributed by atoms with Crippen molar-refractivity contribution in [2.75, 3.05) is 20.3 Å². The highest BCUT2D eigenvalue weighted by Crippen LogP contribution is 2.38. The van der Waals surface area contributed by atoms with E-state index >= 15 is 0 Å². The van der Waals surface area contributed by atoms with Crippen molar-refractivity contribution in [3.8, 4) is 0 Å². The molecule has 0 saturated carbocycles. The smallest absolute Gasteiger partial charge is 0.184 e. The number of hydrogen-bond donors (Lipinski definition) is 0. The molecule has 22 heavy (non-hydrogen) atoms. The Hall–Kier alpha value is -1.23. The summed E-state index contributed by atoms with van der Waals surface area (Å²) in [5, 5.41) is 0. The molecule has 3 saturated heterocycles. The van der Waals surface area contributed by atoms with Crippen LogP contribution in [-0.2, 0) is 9.47 Å². The summed E-state index contributed by atoms with van der Waals surface area (Å²) in [6.45, 7) is 1.25. The molecule has 0 aromatic heterocycles. The van der Waals surface area contributed by atoms with Gasteiger partial charge in [0.1, 0.15) is 0 Å². The third kappa shape index (κ3) is 2.49. The first-order valence-corrected chi connectivity index (χ1v) is 8.31. The SMILES string of the molecule is CN1C2CCC1CC(C(=O)c1cccc(C3OCCO3)c1)C2. The van der Waals surface area contributed by atoms with E-state index in [0.29, 0.717) is 31.1 Å². The molecule has 1 aromatic carbocycles. The number of carbonyl (C=O) groups is 1. The number of benzene rings is 1. The number of ketones is 1. The number of ether oxygens (including phenoxy) is 2. The third-order valence-electron chi connectivity index (χ3n) is 5.53. The third-order valence-corrected chi connectivity index (χ3v) is 5.53. The lowest BCUT2D eigenvalue weighted by molar-refractivity contribution is -0.0441. The summed E-state index contributed by atoms with van der Waals surface area (Å²) in [5.41, 5.74) is 1.77. The lowest BCUT2D eigenvalue weighted by Crippen LogP contribution is -2.42. The summed E-state index contributed by atoms with van der Waals surface area (Å²) in [6.07, 6.45) is 4.20. The number of Topliss-reactive ketones (excluding diaryl/α,β-unsaturated/α-hetero) is 1. The van der Waals surface area contributed by atoms with Crippen LogP contribution in [0.1, 0.15) is 47.9 Å². The lowest BCUT2D eigenvalue weighted by Gasteiger charge is -2.35. The molecule has 2 unspecified atom stereocenters. The number of rotatable bonds is 3. The van der Waals surface area contributed by atoms with Crippen LogP contribution in [0.25, 0.3) is 0 Å². The Labute approximate surface area is 131 Å². The van der Waals surface area contributed by atoms with E-state index in [0.717, 1.165) is 24.0 Å². The molecule has 4 nitrogen and oxygen atoms in total. The van der Waals surface area contributed by atoms with Crippen molar-refractivity contribution in [3.63, 3.8) is 0 Å². The Morgan fingerprint density at radius 3 is 2.50 bits per heavy atom. The maximum absolute atomic E-state index is 12.9. The van der Waals surface area contributed by atoms with Gasteiger partial charge in [-0.1, -0.05) is 18.2 Å². The fourth-order valence-corrected chi connectivity index (χ4v) is 4.25. The molecule has 0 spiro atoms. The number of carbonyl (C=O) groups excluding carboxylic acids is 1. The predicted octanol–water partition coefficient (Wildman–Crippen LogP) is 2.79. The van der Waals surface area contributed by atoms with Gasteiger partial charge in [-0.2, -0.15) is 0 Å². The topological polar surface area (TPSA) is 38.8 Å². The van der Waals surface area contributed by atoms with Crippen molar-refractivity contribution in [1.29, 1.82) is 0 Å². The molecule has 2 atom stereocenters. The van der Waals surface area contributed by atoms with Crippen LogP contribution in [0.3, 0.4) is 0 Å². The normalized spacial score (nSPS) is 32.5. The van der Waals surface area contributed by atoms with E-state index in [9.17, 15) is 4.79 Å². The van der Waals surface area contributed by atoms with Crippen molar-refractivity contribution in [1.82, 2.24) is 4.90 Å². The summed E-state index contributed by atoms with van der Waals surface area (Å²) in [5.74, 6) is 0.471. The monoisotopic (exact) mass is 301 g/mol. The van der Waals surface area contributed by atoms with E-state index in [1.165, 1.54) is 12.8 Å². The molecule has 0 amide bonds. The maximum atomic E-state index is 12.9. The number of fused-ring (bicyclic) bond motifs is 2. The van der Waals surface area contributed by atoms with E-state index in [1.54, 1.807) is 0 Å². The first-order chi connectivity index (χ1) is 10.7. The van der Waals surface area contributed by atoms with Gasteiger partial charge in [0.25, 0.3) is 0 Å². The second kappa shape index (κ2) is 5.76. The molecule has 3 heterocycles. The van der Waals surface area contributed by atoms with Crippen LogP contribution < -0.4 is 0 Å². The highest BCUT2D eigenvalue weighted by Gasteiger charge is 2.41. The zero-order valence-corrected chi connectivity index (χ0v) is 13.0. The van der Waals surface area contributed by atoms with Crippen molar-refractivity contribution < 1.29 is 14.3 Å². The Bertz CT molecular complexity index is 553. The van der Waals surface area contributed by atoms with E-state index in [4.69, 9.17) is 9.47 Å². The summed E-state index contributed by atoms with van der Waals surface area (Å²) in [7, 11) is 2.21. The van der Waals surface area contributed by atoms with Gasteiger partial charge in [-0.3, -0.25) is 4.79 Å². The molecule has 0 aliphatic carbocycles. The van der Waals surface area contributed by atoms with Crippen LogP contribution >= 0.6 is 0 Å². The van der Waals surface area contributed by atoms with E-state index in [1.807, 2.05) is 24.3 Å². The van der Waals surface area contributed by atoms with E-state index in [-0.39, 0.29) is 12.2 Å². The number of piperidine rings is 1. The quantitative estimate of drug-likeness (QED) is 0.805. The maximum Gasteiger partial charge on any atom is 0.184 e. The van der Waals surface area contributed by atoms with Gasteiger partial charge in [0.05, 0.1) is 13.2 Å². The summed E-state index contributed by atoms with van der Waals surface area (Å²) in [6, 6.07) is 9.00. The van der Waals surface area contributed by atoms with Crippen LogP contribution in [0.4, 0.5) is 0 Å². The van der Waals surface area contributed by atoms with Gasteiger partial charge >= 0.3 is 0 Å². The lowest BCUT2D eigenvalue weighted by atomic mass is 9.84. The second-order valence-electron chi connectivity index (χ2n) is 6.78. The van der Waals surface area contributed by atoms with Crippen LogP contribution in [0, 0.1) is 5.92 Å². The fourth-order valence-electron chi connectivity index (χ4n) is 4.25. The molecule has 4 heteroatoms. The van der Waals surface area contributed by atoms with E-state index < -0.39 is 0 Å². The zero-order chi connectivity index (χ0) is 15.1. The predicted molar refractivity (Wildman–Crippen MR) is 82.7 cm³/mol. The highest BCUT2D eigenvalue weighted by atomic mass is 16.7. The van der Waals surface area contributed by atoms with Crippen LogP contribution in [0.15, 0.2) is 24.3 Å². The molecule has 0 N–H and O–H groups in total. The molecule has 0 radical (unpaired) electrons. The van der Waals surface area contributed by atoms with E-state index in [2.05, 4.69) is 11.9 Å². The average Bonchev–Trinajstić information content (AvgIpc) is 3.13. The number of hydrogen-bond acceptors (Lipinski definition) is 4. The molecular weight excluding hydrogens is 278 g/mol. The van der Waals surface area contributed by atoms with Crippen LogP contribution in [-0.4, -0.2) is 43.0 Å². The first kappa shape index (κ1) is 14.4. The zero-order valence-electron chi connectivity index (χ0n) is 13.0. The Balaban J connectivity index is 1.52. The summed E-state index contributed by atoms with van der Waals surface area (Å²) < 4.78 is 11.1. The molecule has 2 bridgehead atoms. The molecule has 1 aromatic rings. The van der Waals surface area contributed by atoms with Gasteiger partial charge < -0.3 is 14.4 Å². The van der Waals surface area contributed by atoms with Gasteiger partial charge in [-0.25, -0.2) is 0 Å². The van der Waals surface area contributed by atoms with Crippen molar-refractivity contribution in [2.24, 2.45) is 5.92 Å². The Morgan fingerprint density at radius 2 is 1.82 bits per heavy atom. The minimum atomic E-state index is -0.304. The van der Waals surface area contributed by atoms with Gasteiger partial charge in [-0.05, 0) is 38.8 Å². The minimum Gasteiger partial charge on any atom is -0.346 e. The molecule has 3 aliphatic heterocycles. The second-order valence-corrected chi connectivity index (χ2v) is 6.78. The van der Waals surface area contributed by atoms with Gasteiger partial charge in [0.15, 0.2) is 12.1 Å². The minimum absolute atomic E-state index is 0.175. The molecule has 118 valence electrons.